The summed E-state index contributed by atoms with van der Waals surface area (Å²) < 4.78 is 16.7. The van der Waals surface area contributed by atoms with E-state index in [1.165, 1.54) is 0 Å². The molecule has 0 spiro atoms. The molecule has 1 N–H and O–H groups in total. The van der Waals surface area contributed by atoms with Crippen LogP contribution in [0.5, 0.6) is 5.75 Å². The lowest BCUT2D eigenvalue weighted by atomic mass is 10.1. The van der Waals surface area contributed by atoms with Crippen LogP contribution in [0.3, 0.4) is 0 Å². The van der Waals surface area contributed by atoms with E-state index in [9.17, 15) is 9.59 Å². The lowest BCUT2D eigenvalue weighted by Gasteiger charge is -2.25. The van der Waals surface area contributed by atoms with Crippen molar-refractivity contribution in [3.8, 4) is 5.75 Å². The minimum absolute atomic E-state index is 0.123. The number of nitrogens with zero attached hydrogens (tertiary/aromatic N) is 1. The highest BCUT2D eigenvalue weighted by Gasteiger charge is 2.15. The van der Waals surface area contributed by atoms with Crippen molar-refractivity contribution >= 4 is 33.3 Å². The van der Waals surface area contributed by atoms with E-state index in [0.29, 0.717) is 48.8 Å². The lowest BCUT2D eigenvalue weighted by Crippen LogP contribution is -2.41. The quantitative estimate of drug-likeness (QED) is 0.360. The fraction of sp³-hybridized carbons (Fsp3) is 0.231. The van der Waals surface area contributed by atoms with Gasteiger partial charge in [0, 0.05) is 35.6 Å². The predicted octanol–water partition coefficient (Wildman–Crippen LogP) is 3.80. The molecule has 1 aliphatic rings. The van der Waals surface area contributed by atoms with E-state index < -0.39 is 5.63 Å². The van der Waals surface area contributed by atoms with Crippen molar-refractivity contribution in [2.24, 2.45) is 0 Å². The lowest BCUT2D eigenvalue weighted by molar-refractivity contribution is -0.118. The second kappa shape index (κ2) is 9.44. The van der Waals surface area contributed by atoms with E-state index in [1.54, 1.807) is 18.2 Å². The normalized spacial score (nSPS) is 14.4. The van der Waals surface area contributed by atoms with Gasteiger partial charge in [0.05, 0.1) is 25.1 Å². The van der Waals surface area contributed by atoms with Crippen molar-refractivity contribution in [3.63, 3.8) is 0 Å². The Labute approximate surface area is 190 Å². The standard InChI is InChI=1S/C26H24N2O5/c29-25(16-28-10-12-31-13-11-28)27-19-6-8-21-22-9-7-20(32-17-18-4-2-1-3-5-18)15-24(22)33-26(30)23(21)14-19/h1-9,14-15H,10-13,16-17H2,(H,27,29). The molecule has 1 saturated heterocycles. The Hall–Kier alpha value is -3.68. The van der Waals surface area contributed by atoms with Crippen LogP contribution >= 0.6 is 0 Å². The molecule has 2 heterocycles. The van der Waals surface area contributed by atoms with Crippen molar-refractivity contribution in [1.29, 1.82) is 0 Å². The number of ether oxygens (including phenoxy) is 2. The Morgan fingerprint density at radius 1 is 0.939 bits per heavy atom. The number of rotatable bonds is 6. The highest BCUT2D eigenvalue weighted by molar-refractivity contribution is 6.06. The molecule has 1 amide bonds. The Morgan fingerprint density at radius 2 is 1.73 bits per heavy atom. The van der Waals surface area contributed by atoms with Crippen LogP contribution in [0.4, 0.5) is 5.69 Å². The van der Waals surface area contributed by atoms with Crippen LogP contribution in [0.2, 0.25) is 0 Å². The first-order valence-corrected chi connectivity index (χ1v) is 10.9. The van der Waals surface area contributed by atoms with E-state index in [0.717, 1.165) is 29.4 Å². The number of hydrogen-bond donors (Lipinski definition) is 1. The van der Waals surface area contributed by atoms with Gasteiger partial charge in [-0.2, -0.15) is 0 Å². The van der Waals surface area contributed by atoms with Crippen LogP contribution < -0.4 is 15.7 Å². The zero-order valence-corrected chi connectivity index (χ0v) is 18.1. The third-order valence-electron chi connectivity index (χ3n) is 5.69. The summed E-state index contributed by atoms with van der Waals surface area (Å²) in [4.78, 5) is 27.1. The molecule has 1 fully saturated rings. The van der Waals surface area contributed by atoms with Gasteiger partial charge >= 0.3 is 5.63 Å². The molecule has 0 atom stereocenters. The Bertz CT molecular complexity index is 1340. The van der Waals surface area contributed by atoms with Crippen LogP contribution in [0, 0.1) is 0 Å². The topological polar surface area (TPSA) is 81.0 Å². The van der Waals surface area contributed by atoms with Crippen molar-refractivity contribution in [2.45, 2.75) is 6.61 Å². The number of carbonyl (C=O) groups is 1. The van der Waals surface area contributed by atoms with E-state index >= 15 is 0 Å². The summed E-state index contributed by atoms with van der Waals surface area (Å²) in [6.45, 7) is 3.46. The van der Waals surface area contributed by atoms with Gasteiger partial charge in [0.1, 0.15) is 17.9 Å². The maximum Gasteiger partial charge on any atom is 0.344 e. The summed E-state index contributed by atoms with van der Waals surface area (Å²) in [5.74, 6) is 0.502. The largest absolute Gasteiger partial charge is 0.489 e. The third-order valence-corrected chi connectivity index (χ3v) is 5.69. The first-order chi connectivity index (χ1) is 16.2. The molecule has 0 unspecified atom stereocenters. The van der Waals surface area contributed by atoms with Crippen LogP contribution in [-0.4, -0.2) is 43.7 Å². The minimum Gasteiger partial charge on any atom is -0.489 e. The maximum absolute atomic E-state index is 12.7. The van der Waals surface area contributed by atoms with Gasteiger partial charge in [-0.1, -0.05) is 36.4 Å². The SMILES string of the molecule is O=C(CN1CCOCC1)Nc1ccc2c(c1)c(=O)oc1cc(OCc3ccccc3)ccc12. The Morgan fingerprint density at radius 3 is 2.55 bits per heavy atom. The molecule has 0 bridgehead atoms. The number of benzene rings is 3. The van der Waals surface area contributed by atoms with Gasteiger partial charge in [-0.3, -0.25) is 9.69 Å². The third kappa shape index (κ3) is 4.89. The van der Waals surface area contributed by atoms with Gasteiger partial charge in [0.2, 0.25) is 5.91 Å². The summed E-state index contributed by atoms with van der Waals surface area (Å²) in [6.07, 6.45) is 0. The van der Waals surface area contributed by atoms with Gasteiger partial charge in [-0.15, -0.1) is 0 Å². The van der Waals surface area contributed by atoms with Crippen molar-refractivity contribution in [3.05, 3.63) is 82.7 Å². The second-order valence-corrected chi connectivity index (χ2v) is 8.02. The van der Waals surface area contributed by atoms with Crippen molar-refractivity contribution < 1.29 is 18.7 Å². The fourth-order valence-corrected chi connectivity index (χ4v) is 3.98. The number of amides is 1. The first kappa shape index (κ1) is 21.2. The molecule has 1 aromatic heterocycles. The monoisotopic (exact) mass is 444 g/mol. The number of fused-ring (bicyclic) bond motifs is 3. The van der Waals surface area contributed by atoms with Crippen LogP contribution in [0.1, 0.15) is 5.56 Å². The molecule has 7 heteroatoms. The van der Waals surface area contributed by atoms with Gasteiger partial charge in [0.25, 0.3) is 0 Å². The fourth-order valence-electron chi connectivity index (χ4n) is 3.98. The van der Waals surface area contributed by atoms with Crippen molar-refractivity contribution in [1.82, 2.24) is 4.90 Å². The maximum atomic E-state index is 12.7. The Balaban J connectivity index is 1.35. The smallest absolute Gasteiger partial charge is 0.344 e. The highest BCUT2D eigenvalue weighted by atomic mass is 16.5. The average Bonchev–Trinajstić information content (AvgIpc) is 2.84. The molecule has 1 aliphatic heterocycles. The molecular weight excluding hydrogens is 420 g/mol. The van der Waals surface area contributed by atoms with Gasteiger partial charge < -0.3 is 19.2 Å². The van der Waals surface area contributed by atoms with E-state index in [4.69, 9.17) is 13.9 Å². The summed E-state index contributed by atoms with van der Waals surface area (Å²) in [7, 11) is 0. The van der Waals surface area contributed by atoms with E-state index in [1.807, 2.05) is 53.4 Å². The van der Waals surface area contributed by atoms with Crippen LogP contribution in [0.25, 0.3) is 21.7 Å². The summed E-state index contributed by atoms with van der Waals surface area (Å²) in [5.41, 5.74) is 1.63. The summed E-state index contributed by atoms with van der Waals surface area (Å²) in [6, 6.07) is 20.7. The van der Waals surface area contributed by atoms with E-state index in [-0.39, 0.29) is 5.91 Å². The van der Waals surface area contributed by atoms with Crippen molar-refractivity contribution in [2.75, 3.05) is 38.2 Å². The molecule has 3 aromatic carbocycles. The molecule has 33 heavy (non-hydrogen) atoms. The second-order valence-electron chi connectivity index (χ2n) is 8.02. The predicted molar refractivity (Wildman–Crippen MR) is 127 cm³/mol. The molecule has 0 aliphatic carbocycles. The summed E-state index contributed by atoms with van der Waals surface area (Å²) in [5, 5.41) is 4.87. The highest BCUT2D eigenvalue weighted by Crippen LogP contribution is 2.28. The number of hydrogen-bond acceptors (Lipinski definition) is 6. The average molecular weight is 444 g/mol. The van der Waals surface area contributed by atoms with Gasteiger partial charge in [0.15, 0.2) is 0 Å². The van der Waals surface area contributed by atoms with Gasteiger partial charge in [-0.05, 0) is 29.8 Å². The molecule has 7 nitrogen and oxygen atoms in total. The summed E-state index contributed by atoms with van der Waals surface area (Å²) >= 11 is 0. The molecule has 5 rings (SSSR count). The zero-order chi connectivity index (χ0) is 22.6. The number of carbonyl (C=O) groups excluding carboxylic acids is 1. The minimum atomic E-state index is -0.456. The Kier molecular flexibility index (Phi) is 6.06. The molecule has 0 radical (unpaired) electrons. The zero-order valence-electron chi connectivity index (χ0n) is 18.1. The molecule has 4 aromatic rings. The number of anilines is 1. The van der Waals surface area contributed by atoms with Gasteiger partial charge in [-0.25, -0.2) is 4.79 Å². The van der Waals surface area contributed by atoms with Crippen LogP contribution in [-0.2, 0) is 16.1 Å². The number of nitrogens with one attached hydrogen (secondary N) is 1. The molecular formula is C26H24N2O5. The number of morpholine rings is 1. The molecule has 0 saturated carbocycles. The van der Waals surface area contributed by atoms with Crippen LogP contribution in [0.15, 0.2) is 75.9 Å². The molecule has 168 valence electrons. The first-order valence-electron chi connectivity index (χ1n) is 10.9. The van der Waals surface area contributed by atoms with E-state index in [2.05, 4.69) is 5.32 Å².